The van der Waals surface area contributed by atoms with E-state index < -0.39 is 35.0 Å². The second-order valence-electron chi connectivity index (χ2n) is 11.1. The molecule has 1 aliphatic carbocycles. The molecule has 4 heterocycles. The number of nitrogens with zero attached hydrogens (tertiary/aromatic N) is 6. The van der Waals surface area contributed by atoms with Crippen molar-refractivity contribution in [1.29, 1.82) is 0 Å². The third-order valence-corrected chi connectivity index (χ3v) is 7.76. The molecule has 1 saturated carbocycles. The molecule has 0 spiro atoms. The van der Waals surface area contributed by atoms with Crippen LogP contribution in [0, 0.1) is 18.7 Å². The molecule has 4 aromatic rings. The third kappa shape index (κ3) is 4.86. The highest BCUT2D eigenvalue weighted by molar-refractivity contribution is 6.04. The Bertz CT molecular complexity index is 1680. The molecule has 1 aliphatic heterocycles. The number of halogens is 5. The molecular weight excluding hydrogens is 561 g/mol. The average Bonchev–Trinajstić information content (AvgIpc) is 3.57. The minimum absolute atomic E-state index is 0.0929. The molecule has 1 amide bonds. The zero-order valence-corrected chi connectivity index (χ0v) is 23.1. The molecule has 14 heteroatoms. The van der Waals surface area contributed by atoms with Crippen LogP contribution in [0.5, 0.6) is 0 Å². The van der Waals surface area contributed by atoms with Crippen molar-refractivity contribution in [2.24, 2.45) is 0 Å². The van der Waals surface area contributed by atoms with E-state index in [1.165, 1.54) is 12.1 Å². The van der Waals surface area contributed by atoms with Crippen LogP contribution in [0.3, 0.4) is 0 Å². The van der Waals surface area contributed by atoms with Crippen LogP contribution >= 0.6 is 0 Å². The fourth-order valence-electron chi connectivity index (χ4n) is 4.94. The topological polar surface area (TPSA) is 89.6 Å². The molecule has 0 radical (unpaired) electrons. The minimum Gasteiger partial charge on any atom is -0.378 e. The van der Waals surface area contributed by atoms with Crippen molar-refractivity contribution in [2.75, 3.05) is 36.5 Å². The zero-order valence-electron chi connectivity index (χ0n) is 23.1. The molecule has 42 heavy (non-hydrogen) atoms. The minimum atomic E-state index is -4.84. The molecule has 2 fully saturated rings. The Labute approximate surface area is 237 Å². The number of carbonyl (C=O) groups is 1. The summed E-state index contributed by atoms with van der Waals surface area (Å²) in [6.07, 6.45) is -2.08. The van der Waals surface area contributed by atoms with Gasteiger partial charge in [-0.25, -0.2) is 14.1 Å². The van der Waals surface area contributed by atoms with Gasteiger partial charge < -0.3 is 15.0 Å². The lowest BCUT2D eigenvalue weighted by Gasteiger charge is -2.29. The average molecular weight is 590 g/mol. The SMILES string of the molecule is Cc1cc(F)c(NC(=O)c2cnn(C(C)(C)C(F)(F)F)c2F)cc1-c1cc(N2CCOCC2)n2nc(C3CC3)nc2c1. The fraction of sp³-hybridized carbons (Fsp3) is 0.429. The van der Waals surface area contributed by atoms with Crippen molar-refractivity contribution >= 4 is 23.1 Å². The molecule has 222 valence electrons. The summed E-state index contributed by atoms with van der Waals surface area (Å²) in [5.74, 6) is -1.53. The van der Waals surface area contributed by atoms with E-state index in [0.717, 1.165) is 38.3 Å². The van der Waals surface area contributed by atoms with Crippen LogP contribution in [0.4, 0.5) is 33.5 Å². The predicted octanol–water partition coefficient (Wildman–Crippen LogP) is 5.44. The summed E-state index contributed by atoms with van der Waals surface area (Å²) in [5.41, 5.74) is -1.28. The van der Waals surface area contributed by atoms with Gasteiger partial charge in [0.05, 0.1) is 25.1 Å². The maximum Gasteiger partial charge on any atom is 0.413 e. The predicted molar refractivity (Wildman–Crippen MR) is 144 cm³/mol. The van der Waals surface area contributed by atoms with Gasteiger partial charge in [0.25, 0.3) is 5.91 Å². The van der Waals surface area contributed by atoms with Crippen molar-refractivity contribution in [3.63, 3.8) is 0 Å². The second-order valence-corrected chi connectivity index (χ2v) is 11.1. The van der Waals surface area contributed by atoms with Gasteiger partial charge >= 0.3 is 6.18 Å². The maximum atomic E-state index is 15.1. The van der Waals surface area contributed by atoms with Gasteiger partial charge in [-0.2, -0.15) is 27.2 Å². The Morgan fingerprint density at radius 1 is 1.07 bits per heavy atom. The lowest BCUT2D eigenvalue weighted by molar-refractivity contribution is -0.208. The van der Waals surface area contributed by atoms with Gasteiger partial charge in [-0.15, -0.1) is 5.10 Å². The fourth-order valence-corrected chi connectivity index (χ4v) is 4.94. The van der Waals surface area contributed by atoms with Gasteiger partial charge in [-0.05, 0) is 74.6 Å². The normalized spacial score (nSPS) is 16.3. The maximum absolute atomic E-state index is 15.1. The van der Waals surface area contributed by atoms with Gasteiger partial charge in [0.15, 0.2) is 17.0 Å². The third-order valence-electron chi connectivity index (χ3n) is 7.76. The summed E-state index contributed by atoms with van der Waals surface area (Å²) in [5, 5.41) is 10.5. The van der Waals surface area contributed by atoms with Crippen molar-refractivity contribution < 1.29 is 31.5 Å². The van der Waals surface area contributed by atoms with E-state index in [9.17, 15) is 22.4 Å². The van der Waals surface area contributed by atoms with Gasteiger partial charge in [0, 0.05) is 19.0 Å². The number of aromatic nitrogens is 5. The number of aryl methyl sites for hydroxylation is 1. The summed E-state index contributed by atoms with van der Waals surface area (Å²) in [6.45, 7) is 5.58. The first-order chi connectivity index (χ1) is 19.8. The van der Waals surface area contributed by atoms with E-state index in [1.54, 1.807) is 11.4 Å². The summed E-state index contributed by atoms with van der Waals surface area (Å²) >= 11 is 0. The Kier molecular flexibility index (Phi) is 6.71. The highest BCUT2D eigenvalue weighted by atomic mass is 19.4. The number of nitrogens with one attached hydrogen (secondary N) is 1. The molecule has 6 rings (SSSR count). The first-order valence-corrected chi connectivity index (χ1v) is 13.5. The summed E-state index contributed by atoms with van der Waals surface area (Å²) in [4.78, 5) is 19.8. The Balaban J connectivity index is 1.37. The zero-order chi connectivity index (χ0) is 30.0. The molecule has 0 bridgehead atoms. The summed E-state index contributed by atoms with van der Waals surface area (Å²) in [6, 6.07) is 6.39. The molecule has 0 atom stereocenters. The van der Waals surface area contributed by atoms with Gasteiger partial charge in [-0.1, -0.05) is 0 Å². The number of rotatable bonds is 6. The number of benzene rings is 1. The van der Waals surface area contributed by atoms with E-state index in [0.29, 0.717) is 60.8 Å². The number of hydrogen-bond acceptors (Lipinski definition) is 6. The largest absolute Gasteiger partial charge is 0.413 e. The Hall–Kier alpha value is -4.07. The van der Waals surface area contributed by atoms with Gasteiger partial charge in [0.2, 0.25) is 5.95 Å². The van der Waals surface area contributed by atoms with Crippen molar-refractivity contribution in [3.8, 4) is 11.1 Å². The van der Waals surface area contributed by atoms with Crippen LogP contribution in [-0.2, 0) is 10.3 Å². The van der Waals surface area contributed by atoms with Crippen molar-refractivity contribution in [2.45, 2.75) is 51.2 Å². The number of fused-ring (bicyclic) bond motifs is 1. The molecule has 1 aromatic carbocycles. The highest BCUT2D eigenvalue weighted by Gasteiger charge is 2.51. The Morgan fingerprint density at radius 3 is 2.45 bits per heavy atom. The molecule has 1 saturated heterocycles. The first kappa shape index (κ1) is 28.1. The number of carbonyl (C=O) groups excluding carboxylic acids is 1. The van der Waals surface area contributed by atoms with E-state index in [1.807, 2.05) is 12.1 Å². The van der Waals surface area contributed by atoms with Gasteiger partial charge in [0.1, 0.15) is 17.2 Å². The standard InChI is InChI=1S/C28H28F5N7O2/c1-15-10-20(29)21(35-26(41)19-14-34-40(24(19)30)27(2,3)28(31,32)33)13-18(15)17-11-22-36-25(16-4-5-16)37-39(22)23(12-17)38-6-8-42-9-7-38/h10-14,16H,4-9H2,1-3H3,(H,35,41). The number of amides is 1. The van der Waals surface area contributed by atoms with Crippen LogP contribution in [0.2, 0.25) is 0 Å². The van der Waals surface area contributed by atoms with Crippen LogP contribution in [0.1, 0.15) is 54.4 Å². The van der Waals surface area contributed by atoms with E-state index >= 15 is 4.39 Å². The smallest absolute Gasteiger partial charge is 0.378 e. The molecular formula is C28H28F5N7O2. The van der Waals surface area contributed by atoms with Crippen LogP contribution in [0.15, 0.2) is 30.5 Å². The van der Waals surface area contributed by atoms with E-state index in [2.05, 4.69) is 15.3 Å². The monoisotopic (exact) mass is 589 g/mol. The first-order valence-electron chi connectivity index (χ1n) is 13.5. The number of hydrogen-bond donors (Lipinski definition) is 1. The lowest BCUT2D eigenvalue weighted by Crippen LogP contribution is -2.43. The quantitative estimate of drug-likeness (QED) is 0.301. The number of alkyl halides is 3. The Morgan fingerprint density at radius 2 is 1.79 bits per heavy atom. The molecule has 1 N–H and O–H groups in total. The molecule has 3 aromatic heterocycles. The summed E-state index contributed by atoms with van der Waals surface area (Å²) in [7, 11) is 0. The van der Waals surface area contributed by atoms with Crippen LogP contribution < -0.4 is 10.2 Å². The molecule has 2 aliphatic rings. The van der Waals surface area contributed by atoms with Crippen molar-refractivity contribution in [1.82, 2.24) is 24.4 Å². The molecule has 9 nitrogen and oxygen atoms in total. The van der Waals surface area contributed by atoms with Crippen molar-refractivity contribution in [3.05, 3.63) is 59.2 Å². The van der Waals surface area contributed by atoms with E-state index in [4.69, 9.17) is 14.8 Å². The summed E-state index contributed by atoms with van der Waals surface area (Å²) < 4.78 is 77.8. The lowest BCUT2D eigenvalue weighted by atomic mass is 9.99. The molecule has 0 unspecified atom stereocenters. The van der Waals surface area contributed by atoms with Gasteiger partial charge in [-0.3, -0.25) is 4.79 Å². The number of morpholine rings is 1. The number of anilines is 2. The number of pyridine rings is 1. The van der Waals surface area contributed by atoms with E-state index in [-0.39, 0.29) is 10.4 Å². The van der Waals surface area contributed by atoms with Crippen LogP contribution in [-0.4, -0.2) is 62.8 Å². The van der Waals surface area contributed by atoms with Crippen LogP contribution in [0.25, 0.3) is 16.8 Å². The highest BCUT2D eigenvalue weighted by Crippen LogP contribution is 2.40. The number of ether oxygens (including phenoxy) is 1. The second kappa shape index (κ2) is 10.0.